The van der Waals surface area contributed by atoms with E-state index in [1.54, 1.807) is 6.07 Å². The van der Waals surface area contributed by atoms with Crippen LogP contribution >= 0.6 is 11.3 Å². The van der Waals surface area contributed by atoms with Crippen molar-refractivity contribution in [2.75, 3.05) is 11.9 Å². The summed E-state index contributed by atoms with van der Waals surface area (Å²) < 4.78 is 0. The van der Waals surface area contributed by atoms with E-state index in [2.05, 4.69) is 36.6 Å². The summed E-state index contributed by atoms with van der Waals surface area (Å²) in [7, 11) is 0. The fourth-order valence-electron chi connectivity index (χ4n) is 2.55. The van der Waals surface area contributed by atoms with Crippen LogP contribution in [0.25, 0.3) is 0 Å². The van der Waals surface area contributed by atoms with Gasteiger partial charge in [0.1, 0.15) is 0 Å². The Bertz CT molecular complexity index is 658. The minimum absolute atomic E-state index is 0.00428. The quantitative estimate of drug-likeness (QED) is 0.711. The van der Waals surface area contributed by atoms with E-state index in [9.17, 15) is 9.59 Å². The monoisotopic (exact) mass is 344 g/mol. The molecule has 0 radical (unpaired) electrons. The molecule has 0 fully saturated rings. The van der Waals surface area contributed by atoms with Gasteiger partial charge in [0.05, 0.1) is 0 Å². The third kappa shape index (κ3) is 4.93. The fourth-order valence-corrected chi connectivity index (χ4v) is 3.19. The zero-order chi connectivity index (χ0) is 17.4. The normalized spacial score (nSPS) is 10.4. The van der Waals surface area contributed by atoms with E-state index >= 15 is 0 Å². The van der Waals surface area contributed by atoms with Crippen molar-refractivity contribution in [1.82, 2.24) is 5.32 Å². The molecule has 2 aromatic rings. The standard InChI is InChI=1S/C19H24N2O2S/c1-3-14-7-5-8-15(4-2)18(14)21-17(22)9-6-11-20-19(23)16-10-12-24-13-16/h5,7-8,10,12-13H,3-4,6,9,11H2,1-2H3,(H,20,23)(H,21,22). The molecule has 1 aromatic heterocycles. The van der Waals surface area contributed by atoms with Crippen molar-refractivity contribution in [2.24, 2.45) is 0 Å². The van der Waals surface area contributed by atoms with Gasteiger partial charge in [-0.2, -0.15) is 11.3 Å². The molecular weight excluding hydrogens is 320 g/mol. The molecule has 0 saturated carbocycles. The molecule has 2 N–H and O–H groups in total. The first-order valence-electron chi connectivity index (χ1n) is 8.36. The highest BCUT2D eigenvalue weighted by Gasteiger charge is 2.10. The van der Waals surface area contributed by atoms with E-state index in [-0.39, 0.29) is 11.8 Å². The number of carbonyl (C=O) groups excluding carboxylic acids is 2. The van der Waals surface area contributed by atoms with Crippen molar-refractivity contribution in [2.45, 2.75) is 39.5 Å². The molecule has 128 valence electrons. The average Bonchev–Trinajstić information content (AvgIpc) is 3.13. The van der Waals surface area contributed by atoms with Gasteiger partial charge in [-0.15, -0.1) is 0 Å². The Morgan fingerprint density at radius 1 is 1.08 bits per heavy atom. The molecular formula is C19H24N2O2S. The molecule has 0 aliphatic rings. The summed E-state index contributed by atoms with van der Waals surface area (Å²) in [6, 6.07) is 7.93. The van der Waals surface area contributed by atoms with Crippen LogP contribution in [-0.4, -0.2) is 18.4 Å². The first-order chi connectivity index (χ1) is 11.7. The smallest absolute Gasteiger partial charge is 0.252 e. The number of anilines is 1. The molecule has 0 saturated heterocycles. The van der Waals surface area contributed by atoms with E-state index < -0.39 is 0 Å². The Balaban J connectivity index is 1.81. The maximum atomic E-state index is 12.2. The molecule has 4 nitrogen and oxygen atoms in total. The minimum atomic E-state index is -0.0822. The van der Waals surface area contributed by atoms with Crippen molar-refractivity contribution < 1.29 is 9.59 Å². The molecule has 0 aliphatic heterocycles. The van der Waals surface area contributed by atoms with Crippen molar-refractivity contribution in [3.05, 3.63) is 51.7 Å². The lowest BCUT2D eigenvalue weighted by Crippen LogP contribution is -2.25. The zero-order valence-electron chi connectivity index (χ0n) is 14.2. The molecule has 1 aromatic carbocycles. The van der Waals surface area contributed by atoms with Crippen molar-refractivity contribution in [3.8, 4) is 0 Å². The number of nitrogens with one attached hydrogen (secondary N) is 2. The number of thiophene rings is 1. The van der Waals surface area contributed by atoms with E-state index in [1.807, 2.05) is 16.8 Å². The second-order valence-electron chi connectivity index (χ2n) is 5.58. The van der Waals surface area contributed by atoms with Gasteiger partial charge in [0.25, 0.3) is 5.91 Å². The van der Waals surface area contributed by atoms with Crippen LogP contribution in [-0.2, 0) is 17.6 Å². The van der Waals surface area contributed by atoms with E-state index in [0.29, 0.717) is 24.9 Å². The molecule has 5 heteroatoms. The van der Waals surface area contributed by atoms with Crippen LogP contribution < -0.4 is 10.6 Å². The molecule has 0 spiro atoms. The van der Waals surface area contributed by atoms with Crippen LogP contribution in [0.15, 0.2) is 35.0 Å². The Morgan fingerprint density at radius 3 is 2.38 bits per heavy atom. The van der Waals surface area contributed by atoms with Crippen molar-refractivity contribution >= 4 is 28.8 Å². The van der Waals surface area contributed by atoms with Gasteiger partial charge in [0, 0.05) is 29.6 Å². The SMILES string of the molecule is CCc1cccc(CC)c1NC(=O)CCCNC(=O)c1ccsc1. The third-order valence-corrected chi connectivity index (χ3v) is 4.60. The fraction of sp³-hybridized carbons (Fsp3) is 0.368. The van der Waals surface area contributed by atoms with Gasteiger partial charge in [0.2, 0.25) is 5.91 Å². The Morgan fingerprint density at radius 2 is 1.79 bits per heavy atom. The van der Waals surface area contributed by atoms with Gasteiger partial charge in [-0.25, -0.2) is 0 Å². The Kier molecular flexibility index (Phi) is 7.00. The van der Waals surface area contributed by atoms with Crippen LogP contribution in [0.1, 0.15) is 48.2 Å². The van der Waals surface area contributed by atoms with Gasteiger partial charge in [0.15, 0.2) is 0 Å². The third-order valence-electron chi connectivity index (χ3n) is 3.91. The maximum Gasteiger partial charge on any atom is 0.252 e. The van der Waals surface area contributed by atoms with Gasteiger partial charge >= 0.3 is 0 Å². The van der Waals surface area contributed by atoms with Gasteiger partial charge in [-0.1, -0.05) is 32.0 Å². The minimum Gasteiger partial charge on any atom is -0.352 e. The number of para-hydroxylation sites is 1. The summed E-state index contributed by atoms with van der Waals surface area (Å²) in [5, 5.41) is 9.57. The lowest BCUT2D eigenvalue weighted by atomic mass is 10.0. The number of rotatable bonds is 8. The Hall–Kier alpha value is -2.14. The summed E-state index contributed by atoms with van der Waals surface area (Å²) >= 11 is 1.50. The molecule has 2 amide bonds. The molecule has 0 atom stereocenters. The first kappa shape index (κ1) is 18.2. The van der Waals surface area contributed by atoms with E-state index in [4.69, 9.17) is 0 Å². The lowest BCUT2D eigenvalue weighted by molar-refractivity contribution is -0.116. The predicted molar refractivity (Wildman–Crippen MR) is 99.7 cm³/mol. The number of hydrogen-bond acceptors (Lipinski definition) is 3. The summed E-state index contributed by atoms with van der Waals surface area (Å²) in [6.45, 7) is 4.67. The number of amides is 2. The van der Waals surface area contributed by atoms with Crippen LogP contribution in [0.3, 0.4) is 0 Å². The second-order valence-corrected chi connectivity index (χ2v) is 6.36. The molecule has 0 aliphatic carbocycles. The van der Waals surface area contributed by atoms with Crippen molar-refractivity contribution in [3.63, 3.8) is 0 Å². The maximum absolute atomic E-state index is 12.2. The second kappa shape index (κ2) is 9.23. The number of hydrogen-bond donors (Lipinski definition) is 2. The average molecular weight is 344 g/mol. The van der Waals surface area contributed by atoms with Gasteiger partial charge < -0.3 is 10.6 Å². The number of carbonyl (C=O) groups is 2. The summed E-state index contributed by atoms with van der Waals surface area (Å²) in [5.74, 6) is -0.0864. The largest absolute Gasteiger partial charge is 0.352 e. The van der Waals surface area contributed by atoms with Gasteiger partial charge in [-0.3, -0.25) is 9.59 Å². The summed E-state index contributed by atoms with van der Waals surface area (Å²) in [4.78, 5) is 24.0. The van der Waals surface area contributed by atoms with Crippen LogP contribution in [0, 0.1) is 0 Å². The van der Waals surface area contributed by atoms with E-state index in [1.165, 1.54) is 11.3 Å². The van der Waals surface area contributed by atoms with Crippen LogP contribution in [0.4, 0.5) is 5.69 Å². The zero-order valence-corrected chi connectivity index (χ0v) is 15.0. The molecule has 2 rings (SSSR count). The highest BCUT2D eigenvalue weighted by atomic mass is 32.1. The first-order valence-corrected chi connectivity index (χ1v) is 9.31. The highest BCUT2D eigenvalue weighted by Crippen LogP contribution is 2.22. The Labute approximate surface area is 147 Å². The lowest BCUT2D eigenvalue weighted by Gasteiger charge is -2.14. The van der Waals surface area contributed by atoms with Crippen LogP contribution in [0.5, 0.6) is 0 Å². The summed E-state index contributed by atoms with van der Waals surface area (Å²) in [6.07, 6.45) is 2.79. The molecule has 1 heterocycles. The van der Waals surface area contributed by atoms with Gasteiger partial charge in [-0.05, 0) is 41.8 Å². The highest BCUT2D eigenvalue weighted by molar-refractivity contribution is 7.08. The molecule has 24 heavy (non-hydrogen) atoms. The van der Waals surface area contributed by atoms with Crippen molar-refractivity contribution in [1.29, 1.82) is 0 Å². The topological polar surface area (TPSA) is 58.2 Å². The number of aryl methyl sites for hydroxylation is 2. The number of benzene rings is 1. The van der Waals surface area contributed by atoms with Crippen LogP contribution in [0.2, 0.25) is 0 Å². The summed E-state index contributed by atoms with van der Waals surface area (Å²) in [5.41, 5.74) is 3.95. The van der Waals surface area contributed by atoms with E-state index in [0.717, 1.165) is 29.7 Å². The molecule has 0 bridgehead atoms. The predicted octanol–water partition coefficient (Wildman–Crippen LogP) is 4.02. The molecule has 0 unspecified atom stereocenters.